The molecule has 10 heavy (non-hydrogen) atoms. The molecule has 0 heterocycles. The summed E-state index contributed by atoms with van der Waals surface area (Å²) in [7, 11) is 0. The minimum absolute atomic E-state index is 0.0462. The number of aliphatic hydroxyl groups excluding tert-OH is 1. The first-order valence-corrected chi connectivity index (χ1v) is 4.22. The first-order chi connectivity index (χ1) is 4.86. The Morgan fingerprint density at radius 1 is 1.10 bits per heavy atom. The van der Waals surface area contributed by atoms with E-state index in [9.17, 15) is 5.11 Å². The molecule has 0 spiro atoms. The maximum atomic E-state index is 9.41. The summed E-state index contributed by atoms with van der Waals surface area (Å²) in [6.45, 7) is 0. The van der Waals surface area contributed by atoms with Crippen LogP contribution in [-0.2, 0) is 0 Å². The van der Waals surface area contributed by atoms with Crippen molar-refractivity contribution >= 4 is 0 Å². The normalized spacial score (nSPS) is 62.3. The SMILES string of the molecule is OC1C[C@@H]2[C@H]1[C@@H]1C=C[C@H]2C1. The second kappa shape index (κ2) is 1.48. The number of rotatable bonds is 0. The zero-order valence-electron chi connectivity index (χ0n) is 5.90. The maximum absolute atomic E-state index is 9.41. The van der Waals surface area contributed by atoms with E-state index in [-0.39, 0.29) is 6.10 Å². The highest BCUT2D eigenvalue weighted by atomic mass is 16.3. The number of hydrogen-bond donors (Lipinski definition) is 1. The molecule has 1 nitrogen and oxygen atoms in total. The van der Waals surface area contributed by atoms with Crippen LogP contribution in [0.5, 0.6) is 0 Å². The third kappa shape index (κ3) is 0.420. The predicted octanol–water partition coefficient (Wildman–Crippen LogP) is 1.19. The Bertz CT molecular complexity index is 197. The van der Waals surface area contributed by atoms with Crippen molar-refractivity contribution in [3.63, 3.8) is 0 Å². The van der Waals surface area contributed by atoms with Gasteiger partial charge in [-0.25, -0.2) is 0 Å². The third-order valence-electron chi connectivity index (χ3n) is 3.65. The summed E-state index contributed by atoms with van der Waals surface area (Å²) in [6, 6.07) is 0. The van der Waals surface area contributed by atoms with E-state index in [0.29, 0.717) is 5.92 Å². The van der Waals surface area contributed by atoms with Gasteiger partial charge in [-0.3, -0.25) is 0 Å². The summed E-state index contributed by atoms with van der Waals surface area (Å²) in [5, 5.41) is 9.41. The van der Waals surface area contributed by atoms with Crippen molar-refractivity contribution in [2.24, 2.45) is 23.7 Å². The lowest BCUT2D eigenvalue weighted by atomic mass is 9.66. The molecular formula is C9H12O. The Kier molecular flexibility index (Phi) is 0.791. The van der Waals surface area contributed by atoms with Crippen molar-refractivity contribution in [1.82, 2.24) is 0 Å². The molecule has 3 aliphatic carbocycles. The molecule has 0 aromatic carbocycles. The van der Waals surface area contributed by atoms with Gasteiger partial charge in [-0.1, -0.05) is 12.2 Å². The molecule has 0 radical (unpaired) electrons. The van der Waals surface area contributed by atoms with Crippen LogP contribution in [0.1, 0.15) is 12.8 Å². The summed E-state index contributed by atoms with van der Waals surface area (Å²) in [5.74, 6) is 3.12. The van der Waals surface area contributed by atoms with Gasteiger partial charge in [0.15, 0.2) is 0 Å². The standard InChI is InChI=1S/C9H12O/c10-8-4-7-5-1-2-6(3-5)9(7)8/h1-2,5-10H,3-4H2/t5-,6+,7-,8?,9+/m0/s1. The average molecular weight is 136 g/mol. The van der Waals surface area contributed by atoms with E-state index < -0.39 is 0 Å². The van der Waals surface area contributed by atoms with E-state index in [2.05, 4.69) is 12.2 Å². The highest BCUT2D eigenvalue weighted by Crippen LogP contribution is 2.57. The fraction of sp³-hybridized carbons (Fsp3) is 0.778. The Morgan fingerprint density at radius 2 is 1.90 bits per heavy atom. The molecule has 0 aromatic heterocycles. The van der Waals surface area contributed by atoms with Crippen LogP contribution in [0, 0.1) is 23.7 Å². The smallest absolute Gasteiger partial charge is 0.0579 e. The Hall–Kier alpha value is -0.300. The quantitative estimate of drug-likeness (QED) is 0.496. The van der Waals surface area contributed by atoms with Gasteiger partial charge >= 0.3 is 0 Å². The monoisotopic (exact) mass is 136 g/mol. The molecule has 2 saturated carbocycles. The maximum Gasteiger partial charge on any atom is 0.0579 e. The van der Waals surface area contributed by atoms with Crippen molar-refractivity contribution in [2.45, 2.75) is 18.9 Å². The molecule has 0 saturated heterocycles. The number of hydrogen-bond acceptors (Lipinski definition) is 1. The highest BCUT2D eigenvalue weighted by Gasteiger charge is 2.54. The Morgan fingerprint density at radius 3 is 2.50 bits per heavy atom. The zero-order valence-corrected chi connectivity index (χ0v) is 5.90. The molecule has 2 bridgehead atoms. The second-order valence-corrected chi connectivity index (χ2v) is 3.99. The molecule has 0 aromatic rings. The van der Waals surface area contributed by atoms with E-state index in [0.717, 1.165) is 24.2 Å². The number of fused-ring (bicyclic) bond motifs is 5. The Balaban J connectivity index is 1.96. The predicted molar refractivity (Wildman–Crippen MR) is 38.3 cm³/mol. The second-order valence-electron chi connectivity index (χ2n) is 3.99. The van der Waals surface area contributed by atoms with E-state index in [4.69, 9.17) is 0 Å². The van der Waals surface area contributed by atoms with Crippen LogP contribution in [0.3, 0.4) is 0 Å². The summed E-state index contributed by atoms with van der Waals surface area (Å²) < 4.78 is 0. The molecule has 1 N–H and O–H groups in total. The van der Waals surface area contributed by atoms with Crippen molar-refractivity contribution in [3.05, 3.63) is 12.2 Å². The largest absolute Gasteiger partial charge is 0.393 e. The summed E-state index contributed by atoms with van der Waals surface area (Å²) in [5.41, 5.74) is 0. The van der Waals surface area contributed by atoms with Gasteiger partial charge < -0.3 is 5.11 Å². The number of allylic oxidation sites excluding steroid dienone is 2. The van der Waals surface area contributed by atoms with Crippen LogP contribution in [0.4, 0.5) is 0 Å². The fourth-order valence-corrected chi connectivity index (χ4v) is 3.11. The van der Waals surface area contributed by atoms with Gasteiger partial charge in [0.2, 0.25) is 0 Å². The molecular weight excluding hydrogens is 124 g/mol. The van der Waals surface area contributed by atoms with Gasteiger partial charge in [-0.2, -0.15) is 0 Å². The molecule has 54 valence electrons. The van der Waals surface area contributed by atoms with E-state index in [1.165, 1.54) is 6.42 Å². The van der Waals surface area contributed by atoms with Gasteiger partial charge in [-0.15, -0.1) is 0 Å². The Labute approximate surface area is 60.7 Å². The van der Waals surface area contributed by atoms with Crippen LogP contribution in [0.15, 0.2) is 12.2 Å². The van der Waals surface area contributed by atoms with Gasteiger partial charge in [0.1, 0.15) is 0 Å². The number of aliphatic hydroxyl groups is 1. The lowest BCUT2D eigenvalue weighted by Gasteiger charge is -2.42. The molecule has 2 fully saturated rings. The molecule has 3 aliphatic rings. The highest BCUT2D eigenvalue weighted by molar-refractivity contribution is 5.18. The van der Waals surface area contributed by atoms with Crippen molar-refractivity contribution < 1.29 is 5.11 Å². The average Bonchev–Trinajstić information content (AvgIpc) is 2.40. The van der Waals surface area contributed by atoms with Gasteiger partial charge in [0.05, 0.1) is 6.10 Å². The molecule has 1 heteroatoms. The molecule has 0 aliphatic heterocycles. The van der Waals surface area contributed by atoms with Crippen LogP contribution < -0.4 is 0 Å². The minimum atomic E-state index is 0.0462. The lowest BCUT2D eigenvalue weighted by Crippen LogP contribution is -2.43. The van der Waals surface area contributed by atoms with Gasteiger partial charge in [0.25, 0.3) is 0 Å². The van der Waals surface area contributed by atoms with E-state index in [1.807, 2.05) is 0 Å². The lowest BCUT2D eigenvalue weighted by molar-refractivity contribution is -0.0386. The summed E-state index contributed by atoms with van der Waals surface area (Å²) in [4.78, 5) is 0. The summed E-state index contributed by atoms with van der Waals surface area (Å²) in [6.07, 6.45) is 7.14. The van der Waals surface area contributed by atoms with E-state index in [1.54, 1.807) is 0 Å². The molecule has 3 rings (SSSR count). The van der Waals surface area contributed by atoms with Gasteiger partial charge in [0, 0.05) is 0 Å². The van der Waals surface area contributed by atoms with Crippen LogP contribution >= 0.6 is 0 Å². The molecule has 1 unspecified atom stereocenters. The van der Waals surface area contributed by atoms with Crippen molar-refractivity contribution in [2.75, 3.05) is 0 Å². The fourth-order valence-electron chi connectivity index (χ4n) is 3.11. The van der Waals surface area contributed by atoms with Gasteiger partial charge in [-0.05, 0) is 36.5 Å². The van der Waals surface area contributed by atoms with Crippen molar-refractivity contribution in [3.8, 4) is 0 Å². The summed E-state index contributed by atoms with van der Waals surface area (Å²) >= 11 is 0. The van der Waals surface area contributed by atoms with Crippen molar-refractivity contribution in [1.29, 1.82) is 0 Å². The van der Waals surface area contributed by atoms with Crippen LogP contribution in [0.25, 0.3) is 0 Å². The minimum Gasteiger partial charge on any atom is -0.393 e. The van der Waals surface area contributed by atoms with Crippen LogP contribution in [-0.4, -0.2) is 11.2 Å². The molecule has 0 amide bonds. The zero-order chi connectivity index (χ0) is 6.72. The first kappa shape index (κ1) is 5.36. The van der Waals surface area contributed by atoms with E-state index >= 15 is 0 Å². The third-order valence-corrected chi connectivity index (χ3v) is 3.65. The topological polar surface area (TPSA) is 20.2 Å². The first-order valence-electron chi connectivity index (χ1n) is 4.22. The molecule has 5 atom stereocenters. The van der Waals surface area contributed by atoms with Crippen LogP contribution in [0.2, 0.25) is 0 Å².